The van der Waals surface area contributed by atoms with Crippen molar-refractivity contribution in [3.8, 4) is 0 Å². The van der Waals surface area contributed by atoms with Crippen LogP contribution in [0.4, 0.5) is 5.69 Å². The van der Waals surface area contributed by atoms with Gasteiger partial charge in [-0.3, -0.25) is 19.7 Å². The van der Waals surface area contributed by atoms with Crippen molar-refractivity contribution >= 4 is 24.2 Å². The van der Waals surface area contributed by atoms with E-state index in [0.29, 0.717) is 29.9 Å². The molecule has 1 atom stereocenters. The molecule has 9 nitrogen and oxygen atoms in total. The molecule has 48 heavy (non-hydrogen) atoms. The topological polar surface area (TPSA) is 108 Å². The van der Waals surface area contributed by atoms with Crippen LogP contribution in [-0.2, 0) is 15.0 Å². The summed E-state index contributed by atoms with van der Waals surface area (Å²) >= 11 is 0. The van der Waals surface area contributed by atoms with Gasteiger partial charge in [-0.15, -0.1) is 0 Å². The Bertz CT molecular complexity index is 1730. The second-order valence-corrected chi connectivity index (χ2v) is 12.2. The first-order chi connectivity index (χ1) is 23.5. The van der Waals surface area contributed by atoms with E-state index in [1.54, 1.807) is 23.2 Å². The average Bonchev–Trinajstić information content (AvgIpc) is 3.15. The molecule has 6 rings (SSSR count). The second-order valence-electron chi connectivity index (χ2n) is 12.2. The summed E-state index contributed by atoms with van der Waals surface area (Å²) in [7, 11) is 0. The number of dihydropyridines is 1. The molecule has 2 aliphatic rings. The van der Waals surface area contributed by atoms with Crippen LogP contribution >= 0.6 is 0 Å². The van der Waals surface area contributed by atoms with E-state index in [2.05, 4.69) is 76.2 Å². The zero-order chi connectivity index (χ0) is 33.3. The smallest absolute Gasteiger partial charge is 0.269 e. The zero-order valence-corrected chi connectivity index (χ0v) is 26.7. The number of rotatable bonds is 13. The molecule has 0 aromatic heterocycles. The fourth-order valence-electron chi connectivity index (χ4n) is 7.17. The summed E-state index contributed by atoms with van der Waals surface area (Å²) in [6, 6.07) is 37.5. The number of amides is 2. The molecule has 2 heterocycles. The number of nitrogens with zero attached hydrogens (tertiary/aromatic N) is 3. The van der Waals surface area contributed by atoms with Gasteiger partial charge < -0.3 is 20.4 Å². The van der Waals surface area contributed by atoms with Gasteiger partial charge in [0, 0.05) is 36.0 Å². The maximum atomic E-state index is 12.9. The van der Waals surface area contributed by atoms with E-state index in [4.69, 9.17) is 0 Å². The highest BCUT2D eigenvalue weighted by Gasteiger charge is 2.38. The number of nitro groups is 1. The average molecular weight is 642 g/mol. The van der Waals surface area contributed by atoms with Crippen molar-refractivity contribution in [3.05, 3.63) is 165 Å². The van der Waals surface area contributed by atoms with Crippen molar-refractivity contribution < 1.29 is 14.5 Å². The van der Waals surface area contributed by atoms with Crippen LogP contribution in [0.15, 0.2) is 133 Å². The van der Waals surface area contributed by atoms with E-state index in [1.807, 2.05) is 30.3 Å². The fourth-order valence-corrected chi connectivity index (χ4v) is 7.17. The SMILES string of the molecule is O=CNC1=CNC(c2ccccc2)=C(N(C=O)CCCN2CCC(c3ccccc3)(c3ccccc3)CC2)C1c1ccc([N+](=O)[O-])cc1. The molecule has 0 spiro atoms. The van der Waals surface area contributed by atoms with E-state index >= 15 is 0 Å². The summed E-state index contributed by atoms with van der Waals surface area (Å²) in [5.41, 5.74) is 6.15. The minimum Gasteiger partial charge on any atom is -0.358 e. The van der Waals surface area contributed by atoms with Gasteiger partial charge >= 0.3 is 0 Å². The molecule has 9 heteroatoms. The van der Waals surface area contributed by atoms with Gasteiger partial charge in [0.05, 0.1) is 22.2 Å². The Morgan fingerprint density at radius 3 is 1.98 bits per heavy atom. The van der Waals surface area contributed by atoms with Gasteiger partial charge in [-0.05, 0) is 61.2 Å². The monoisotopic (exact) mass is 641 g/mol. The summed E-state index contributed by atoms with van der Waals surface area (Å²) in [5.74, 6) is -0.551. The number of piperidine rings is 1. The van der Waals surface area contributed by atoms with Crippen molar-refractivity contribution in [1.29, 1.82) is 0 Å². The first kappa shape index (κ1) is 32.4. The van der Waals surface area contributed by atoms with E-state index in [0.717, 1.165) is 56.6 Å². The van der Waals surface area contributed by atoms with Gasteiger partial charge in [0.15, 0.2) is 0 Å². The summed E-state index contributed by atoms with van der Waals surface area (Å²) in [4.78, 5) is 39.7. The summed E-state index contributed by atoms with van der Waals surface area (Å²) in [6.45, 7) is 3.15. The Labute approximate surface area is 280 Å². The van der Waals surface area contributed by atoms with Gasteiger partial charge in [-0.25, -0.2) is 0 Å². The van der Waals surface area contributed by atoms with E-state index < -0.39 is 10.8 Å². The Morgan fingerprint density at radius 2 is 1.44 bits per heavy atom. The predicted molar refractivity (Wildman–Crippen MR) is 186 cm³/mol. The molecule has 0 aliphatic carbocycles. The Hall–Kier alpha value is -5.54. The Kier molecular flexibility index (Phi) is 10.1. The van der Waals surface area contributed by atoms with Crippen molar-refractivity contribution in [2.24, 2.45) is 0 Å². The summed E-state index contributed by atoms with van der Waals surface area (Å²) in [5, 5.41) is 17.5. The molecule has 4 aromatic rings. The lowest BCUT2D eigenvalue weighted by Crippen LogP contribution is -2.44. The molecule has 0 radical (unpaired) electrons. The molecule has 1 fully saturated rings. The number of nitrogens with one attached hydrogen (secondary N) is 2. The molecular formula is C39H39N5O4. The van der Waals surface area contributed by atoms with Crippen LogP contribution in [0.2, 0.25) is 0 Å². The molecule has 2 aliphatic heterocycles. The number of carbonyl (C=O) groups is 2. The number of non-ortho nitro benzene ring substituents is 1. The highest BCUT2D eigenvalue weighted by molar-refractivity contribution is 5.75. The normalized spacial score (nSPS) is 17.5. The maximum Gasteiger partial charge on any atom is 0.269 e. The fraction of sp³-hybridized carbons (Fsp3) is 0.231. The third-order valence-electron chi connectivity index (χ3n) is 9.61. The second kappa shape index (κ2) is 14.9. The molecule has 1 saturated heterocycles. The number of hydrogen-bond acceptors (Lipinski definition) is 6. The minimum atomic E-state index is -0.551. The maximum absolute atomic E-state index is 12.9. The molecule has 1 unspecified atom stereocenters. The quantitative estimate of drug-likeness (QED) is 0.103. The van der Waals surface area contributed by atoms with Crippen molar-refractivity contribution in [2.75, 3.05) is 26.2 Å². The zero-order valence-electron chi connectivity index (χ0n) is 26.7. The van der Waals surface area contributed by atoms with Gasteiger partial charge in [0.1, 0.15) is 0 Å². The molecule has 2 N–H and O–H groups in total. The Morgan fingerprint density at radius 1 is 0.854 bits per heavy atom. The number of likely N-dealkylation sites (tertiary alicyclic amines) is 1. The van der Waals surface area contributed by atoms with Crippen LogP contribution in [0.3, 0.4) is 0 Å². The standard InChI is InChI=1S/C39H39N5O4/c45-28-41-35-27-40-37(31-11-4-1-5-12-31)38(36(35)30-17-19-34(20-18-30)44(47)48)43(29-46)24-10-23-42-25-21-39(22-26-42,32-13-6-2-7-14-32)33-15-8-3-9-16-33/h1-9,11-20,27-29,36,40H,10,21-26H2,(H,41,45). The van der Waals surface area contributed by atoms with E-state index in [9.17, 15) is 19.7 Å². The molecule has 0 bridgehead atoms. The number of benzene rings is 4. The van der Waals surface area contributed by atoms with Crippen LogP contribution in [0, 0.1) is 10.1 Å². The number of carbonyl (C=O) groups excluding carboxylic acids is 2. The highest BCUT2D eigenvalue weighted by Crippen LogP contribution is 2.42. The summed E-state index contributed by atoms with van der Waals surface area (Å²) < 4.78 is 0. The van der Waals surface area contributed by atoms with Gasteiger partial charge in [-0.2, -0.15) is 0 Å². The first-order valence-corrected chi connectivity index (χ1v) is 16.3. The van der Waals surface area contributed by atoms with E-state index in [1.165, 1.54) is 23.3 Å². The van der Waals surface area contributed by atoms with Crippen LogP contribution in [0.1, 0.15) is 47.4 Å². The van der Waals surface area contributed by atoms with Gasteiger partial charge in [-0.1, -0.05) is 103 Å². The minimum absolute atomic E-state index is 0.0345. The van der Waals surface area contributed by atoms with Crippen LogP contribution in [-0.4, -0.2) is 53.7 Å². The lowest BCUT2D eigenvalue weighted by molar-refractivity contribution is -0.384. The summed E-state index contributed by atoms with van der Waals surface area (Å²) in [6.07, 6.45) is 5.90. The molecular weight excluding hydrogens is 602 g/mol. The largest absolute Gasteiger partial charge is 0.358 e. The van der Waals surface area contributed by atoms with Crippen LogP contribution in [0.25, 0.3) is 5.70 Å². The molecule has 2 amide bonds. The lowest BCUT2D eigenvalue weighted by atomic mass is 9.68. The van der Waals surface area contributed by atoms with Crippen molar-refractivity contribution in [1.82, 2.24) is 20.4 Å². The third kappa shape index (κ3) is 6.77. The van der Waals surface area contributed by atoms with E-state index in [-0.39, 0.29) is 11.1 Å². The van der Waals surface area contributed by atoms with Gasteiger partial charge in [0.2, 0.25) is 12.8 Å². The molecule has 4 aromatic carbocycles. The predicted octanol–water partition coefficient (Wildman–Crippen LogP) is 6.17. The van der Waals surface area contributed by atoms with Crippen molar-refractivity contribution in [2.45, 2.75) is 30.6 Å². The highest BCUT2D eigenvalue weighted by atomic mass is 16.6. The first-order valence-electron chi connectivity index (χ1n) is 16.3. The van der Waals surface area contributed by atoms with Crippen LogP contribution in [0.5, 0.6) is 0 Å². The van der Waals surface area contributed by atoms with Crippen molar-refractivity contribution in [3.63, 3.8) is 0 Å². The molecule has 244 valence electrons. The molecule has 0 saturated carbocycles. The number of hydrogen-bond donors (Lipinski definition) is 2. The van der Waals surface area contributed by atoms with Crippen LogP contribution < -0.4 is 10.6 Å². The Balaban J connectivity index is 1.24. The van der Waals surface area contributed by atoms with Gasteiger partial charge in [0.25, 0.3) is 5.69 Å². The third-order valence-corrected chi connectivity index (χ3v) is 9.61. The number of nitro benzene ring substituents is 1. The lowest BCUT2D eigenvalue weighted by Gasteiger charge is -2.43.